The lowest BCUT2D eigenvalue weighted by Crippen LogP contribution is -2.35. The van der Waals surface area contributed by atoms with Gasteiger partial charge in [-0.25, -0.2) is 13.4 Å². The molecular weight excluding hydrogens is 438 g/mol. The Hall–Kier alpha value is -2.69. The average Bonchev–Trinajstić information content (AvgIpc) is 3.20. The fraction of sp³-hybridized carbons (Fsp3) is 0.333. The molecule has 8 nitrogen and oxygen atoms in total. The molecule has 0 aliphatic carbocycles. The van der Waals surface area contributed by atoms with Crippen molar-refractivity contribution in [2.45, 2.75) is 24.2 Å². The van der Waals surface area contributed by atoms with Gasteiger partial charge in [0.25, 0.3) is 5.91 Å². The molecule has 0 saturated carbocycles. The van der Waals surface area contributed by atoms with E-state index in [-0.39, 0.29) is 17.4 Å². The number of nitrogens with zero attached hydrogens (tertiary/aromatic N) is 2. The molecule has 1 fully saturated rings. The SMILES string of the molecule is COc1ccc(OCC(=O)Nc2nc3ccc(S(=O)(=O)N4CCCCC4)cc3s2)cc1. The molecule has 2 aromatic carbocycles. The number of amides is 1. The zero-order valence-electron chi connectivity index (χ0n) is 17.0. The topological polar surface area (TPSA) is 97.8 Å². The maximum Gasteiger partial charge on any atom is 0.264 e. The van der Waals surface area contributed by atoms with Gasteiger partial charge in [-0.1, -0.05) is 17.8 Å². The number of methoxy groups -OCH3 is 1. The Morgan fingerprint density at radius 2 is 1.81 bits per heavy atom. The Labute approximate surface area is 184 Å². The van der Waals surface area contributed by atoms with Crippen molar-refractivity contribution in [1.82, 2.24) is 9.29 Å². The highest BCUT2D eigenvalue weighted by atomic mass is 32.2. The van der Waals surface area contributed by atoms with Gasteiger partial charge < -0.3 is 9.47 Å². The number of ether oxygens (including phenoxy) is 2. The Bertz CT molecular complexity index is 1170. The van der Waals surface area contributed by atoms with Gasteiger partial charge in [0.1, 0.15) is 11.5 Å². The van der Waals surface area contributed by atoms with E-state index in [1.54, 1.807) is 49.6 Å². The third-order valence-electron chi connectivity index (χ3n) is 4.99. The first kappa shape index (κ1) is 21.5. The van der Waals surface area contributed by atoms with Gasteiger partial charge >= 0.3 is 0 Å². The molecule has 0 spiro atoms. The molecule has 0 radical (unpaired) electrons. The number of carbonyl (C=O) groups is 1. The van der Waals surface area contributed by atoms with Crippen molar-refractivity contribution in [3.63, 3.8) is 0 Å². The summed E-state index contributed by atoms with van der Waals surface area (Å²) in [7, 11) is -1.94. The first-order chi connectivity index (χ1) is 15.0. The van der Waals surface area contributed by atoms with E-state index in [4.69, 9.17) is 9.47 Å². The van der Waals surface area contributed by atoms with Gasteiger partial charge in [-0.05, 0) is 55.3 Å². The van der Waals surface area contributed by atoms with Crippen LogP contribution in [0.15, 0.2) is 47.4 Å². The van der Waals surface area contributed by atoms with Crippen LogP contribution in [0.3, 0.4) is 0 Å². The Balaban J connectivity index is 1.42. The van der Waals surface area contributed by atoms with Gasteiger partial charge in [0, 0.05) is 13.1 Å². The lowest BCUT2D eigenvalue weighted by molar-refractivity contribution is -0.118. The zero-order valence-corrected chi connectivity index (χ0v) is 18.7. The lowest BCUT2D eigenvalue weighted by atomic mass is 10.2. The molecule has 1 aliphatic rings. The molecular formula is C21H23N3O5S2. The summed E-state index contributed by atoms with van der Waals surface area (Å²) in [5.41, 5.74) is 0.633. The number of aromatic nitrogens is 1. The fourth-order valence-electron chi connectivity index (χ4n) is 3.35. The van der Waals surface area contributed by atoms with Crippen molar-refractivity contribution in [2.24, 2.45) is 0 Å². The van der Waals surface area contributed by atoms with Gasteiger partial charge in [0.2, 0.25) is 10.0 Å². The van der Waals surface area contributed by atoms with Crippen LogP contribution in [0.4, 0.5) is 5.13 Å². The quantitative estimate of drug-likeness (QED) is 0.578. The minimum atomic E-state index is -3.52. The van der Waals surface area contributed by atoms with E-state index in [9.17, 15) is 13.2 Å². The molecule has 4 rings (SSSR count). The molecule has 0 unspecified atom stereocenters. The summed E-state index contributed by atoms with van der Waals surface area (Å²) in [4.78, 5) is 16.8. The number of hydrogen-bond donors (Lipinski definition) is 1. The zero-order chi connectivity index (χ0) is 21.8. The van der Waals surface area contributed by atoms with Crippen LogP contribution in [0.2, 0.25) is 0 Å². The van der Waals surface area contributed by atoms with Crippen LogP contribution in [0, 0.1) is 0 Å². The fourth-order valence-corrected chi connectivity index (χ4v) is 5.89. The molecule has 10 heteroatoms. The molecule has 3 aromatic rings. The number of anilines is 1. The predicted molar refractivity (Wildman–Crippen MR) is 119 cm³/mol. The van der Waals surface area contributed by atoms with E-state index in [0.29, 0.717) is 39.9 Å². The molecule has 164 valence electrons. The lowest BCUT2D eigenvalue weighted by Gasteiger charge is -2.25. The first-order valence-corrected chi connectivity index (χ1v) is 12.2. The maximum absolute atomic E-state index is 12.9. The van der Waals surface area contributed by atoms with Crippen molar-refractivity contribution < 1.29 is 22.7 Å². The van der Waals surface area contributed by atoms with Crippen LogP contribution >= 0.6 is 11.3 Å². The average molecular weight is 462 g/mol. The number of rotatable bonds is 7. The molecule has 1 aromatic heterocycles. The summed E-state index contributed by atoms with van der Waals surface area (Å²) < 4.78 is 38.6. The second kappa shape index (κ2) is 9.21. The van der Waals surface area contributed by atoms with Crippen molar-refractivity contribution >= 4 is 42.6 Å². The molecule has 2 heterocycles. The minimum Gasteiger partial charge on any atom is -0.497 e. The number of benzene rings is 2. The molecule has 0 atom stereocenters. The number of carbonyl (C=O) groups excluding carboxylic acids is 1. The second-order valence-electron chi connectivity index (χ2n) is 7.13. The number of hydrogen-bond acceptors (Lipinski definition) is 7. The van der Waals surface area contributed by atoms with Gasteiger partial charge in [-0.2, -0.15) is 4.31 Å². The number of piperidine rings is 1. The summed E-state index contributed by atoms with van der Waals surface area (Å²) in [6, 6.07) is 11.8. The Morgan fingerprint density at radius 1 is 1.10 bits per heavy atom. The van der Waals surface area contributed by atoms with Crippen molar-refractivity contribution in [2.75, 3.05) is 32.1 Å². The summed E-state index contributed by atoms with van der Waals surface area (Å²) in [5, 5.41) is 3.10. The van der Waals surface area contributed by atoms with Crippen LogP contribution in [0.5, 0.6) is 11.5 Å². The third kappa shape index (κ3) is 4.97. The predicted octanol–water partition coefficient (Wildman–Crippen LogP) is 3.50. The maximum atomic E-state index is 12.9. The normalized spacial score (nSPS) is 15.0. The van der Waals surface area contributed by atoms with Crippen LogP contribution in [0.25, 0.3) is 10.2 Å². The molecule has 1 amide bonds. The Morgan fingerprint density at radius 3 is 2.52 bits per heavy atom. The standard InChI is InChI=1S/C21H23N3O5S2/c1-28-15-5-7-16(8-6-15)29-14-20(25)23-21-22-18-10-9-17(13-19(18)30-21)31(26,27)24-11-3-2-4-12-24/h5-10,13H,2-4,11-12,14H2,1H3,(H,22,23,25). The largest absolute Gasteiger partial charge is 0.497 e. The molecule has 1 saturated heterocycles. The first-order valence-electron chi connectivity index (χ1n) is 9.93. The number of sulfonamides is 1. The van der Waals surface area contributed by atoms with Crippen molar-refractivity contribution in [3.8, 4) is 11.5 Å². The van der Waals surface area contributed by atoms with Gasteiger partial charge in [0.05, 0.1) is 22.2 Å². The minimum absolute atomic E-state index is 0.170. The molecule has 1 N–H and O–H groups in total. The van der Waals surface area contributed by atoms with Gasteiger partial charge in [-0.3, -0.25) is 10.1 Å². The van der Waals surface area contributed by atoms with Gasteiger partial charge in [0.15, 0.2) is 11.7 Å². The number of thiazole rings is 1. The third-order valence-corrected chi connectivity index (χ3v) is 7.82. The van der Waals surface area contributed by atoms with Crippen LogP contribution in [-0.2, 0) is 14.8 Å². The van der Waals surface area contributed by atoms with Gasteiger partial charge in [-0.15, -0.1) is 0 Å². The highest BCUT2D eigenvalue weighted by molar-refractivity contribution is 7.89. The van der Waals surface area contributed by atoms with E-state index in [1.807, 2.05) is 0 Å². The molecule has 1 aliphatic heterocycles. The van der Waals surface area contributed by atoms with Crippen molar-refractivity contribution in [1.29, 1.82) is 0 Å². The summed E-state index contributed by atoms with van der Waals surface area (Å²) >= 11 is 1.23. The van der Waals surface area contributed by atoms with Crippen LogP contribution in [0.1, 0.15) is 19.3 Å². The highest BCUT2D eigenvalue weighted by Crippen LogP contribution is 2.30. The Kier molecular flexibility index (Phi) is 6.40. The monoisotopic (exact) mass is 461 g/mol. The number of nitrogens with one attached hydrogen (secondary N) is 1. The van der Waals surface area contributed by atoms with Crippen LogP contribution < -0.4 is 14.8 Å². The summed E-state index contributed by atoms with van der Waals surface area (Å²) in [5.74, 6) is 0.900. The highest BCUT2D eigenvalue weighted by Gasteiger charge is 2.26. The van der Waals surface area contributed by atoms with E-state index in [2.05, 4.69) is 10.3 Å². The van der Waals surface area contributed by atoms with E-state index in [0.717, 1.165) is 19.3 Å². The summed E-state index contributed by atoms with van der Waals surface area (Å²) in [6.07, 6.45) is 2.83. The van der Waals surface area contributed by atoms with E-state index < -0.39 is 10.0 Å². The van der Waals surface area contributed by atoms with Crippen molar-refractivity contribution in [3.05, 3.63) is 42.5 Å². The van der Waals surface area contributed by atoms with E-state index in [1.165, 1.54) is 15.6 Å². The second-order valence-corrected chi connectivity index (χ2v) is 10.1. The number of fused-ring (bicyclic) bond motifs is 1. The van der Waals surface area contributed by atoms with Crippen LogP contribution in [-0.4, -0.2) is 50.4 Å². The smallest absolute Gasteiger partial charge is 0.264 e. The molecule has 31 heavy (non-hydrogen) atoms. The van der Waals surface area contributed by atoms with E-state index >= 15 is 0 Å². The molecule has 0 bridgehead atoms. The summed E-state index contributed by atoms with van der Waals surface area (Å²) in [6.45, 7) is 0.938.